The van der Waals surface area contributed by atoms with E-state index in [1.165, 1.54) is 25.7 Å². The Morgan fingerprint density at radius 2 is 2.14 bits per heavy atom. The molecule has 0 bridgehead atoms. The fourth-order valence-corrected chi connectivity index (χ4v) is 4.46. The molecule has 0 radical (unpaired) electrons. The summed E-state index contributed by atoms with van der Waals surface area (Å²) in [6, 6.07) is 0.161. The largest absolute Gasteiger partial charge is 0.368 e. The minimum atomic E-state index is 0.137. The first-order valence-corrected chi connectivity index (χ1v) is 9.44. The van der Waals surface area contributed by atoms with Gasteiger partial charge in [0.25, 0.3) is 0 Å². The number of likely N-dealkylation sites (tertiary alicyclic amines) is 1. The number of carbonyl (C=O) groups is 1. The number of amides is 1. The molecule has 1 aliphatic carbocycles. The Morgan fingerprint density at radius 3 is 2.91 bits per heavy atom. The number of hydrogen-bond donors (Lipinski definition) is 0. The minimum absolute atomic E-state index is 0.137. The van der Waals surface area contributed by atoms with Gasteiger partial charge in [0.15, 0.2) is 0 Å². The highest BCUT2D eigenvalue weighted by Gasteiger charge is 2.30. The number of carbonyl (C=O) groups excluding carboxylic acids is 1. The van der Waals surface area contributed by atoms with Crippen molar-refractivity contribution in [1.82, 2.24) is 9.88 Å². The van der Waals surface area contributed by atoms with Gasteiger partial charge in [-0.05, 0) is 38.0 Å². The van der Waals surface area contributed by atoms with Crippen LogP contribution in [0.3, 0.4) is 0 Å². The molecule has 1 amide bonds. The van der Waals surface area contributed by atoms with E-state index < -0.39 is 0 Å². The van der Waals surface area contributed by atoms with Crippen LogP contribution in [0, 0.1) is 5.92 Å². The Balaban J connectivity index is 1.57. The highest BCUT2D eigenvalue weighted by molar-refractivity contribution is 7.09. The molecule has 1 saturated heterocycles. The summed E-state index contributed by atoms with van der Waals surface area (Å²) in [5.41, 5.74) is 0. The predicted octanol–water partition coefficient (Wildman–Crippen LogP) is 3.79. The molecule has 1 aliphatic heterocycles. The topological polar surface area (TPSA) is 42.4 Å². The van der Waals surface area contributed by atoms with Crippen molar-refractivity contribution >= 4 is 17.2 Å². The van der Waals surface area contributed by atoms with Crippen molar-refractivity contribution in [3.8, 4) is 0 Å². The highest BCUT2D eigenvalue weighted by Crippen LogP contribution is 2.32. The Hall–Kier alpha value is -0.940. The van der Waals surface area contributed by atoms with Crippen molar-refractivity contribution in [1.29, 1.82) is 0 Å². The molecule has 5 heteroatoms. The lowest BCUT2D eigenvalue weighted by molar-refractivity contribution is -0.144. The molecule has 2 heterocycles. The summed E-state index contributed by atoms with van der Waals surface area (Å²) < 4.78 is 5.97. The fraction of sp³-hybridized carbons (Fsp3) is 0.765. The van der Waals surface area contributed by atoms with Crippen LogP contribution in [0.5, 0.6) is 0 Å². The third-order valence-corrected chi connectivity index (χ3v) is 5.89. The standard InChI is InChI=1S/C17H26N2O2S/c1-13-6-2-3-8-15(13)21-12-16(20)19-10-5-4-7-14(19)17-18-9-11-22-17/h9,11,13-15H,2-8,10,12H2,1H3/t13-,14+,15+/m1/s1. The van der Waals surface area contributed by atoms with Gasteiger partial charge in [0, 0.05) is 18.1 Å². The third kappa shape index (κ3) is 3.69. The second-order valence-corrected chi connectivity index (χ2v) is 7.51. The van der Waals surface area contributed by atoms with Gasteiger partial charge in [-0.3, -0.25) is 4.79 Å². The zero-order chi connectivity index (χ0) is 15.4. The molecule has 4 nitrogen and oxygen atoms in total. The number of nitrogens with zero attached hydrogens (tertiary/aromatic N) is 2. The van der Waals surface area contributed by atoms with E-state index in [0.717, 1.165) is 30.8 Å². The molecule has 3 atom stereocenters. The van der Waals surface area contributed by atoms with Gasteiger partial charge in [-0.1, -0.05) is 19.8 Å². The minimum Gasteiger partial charge on any atom is -0.368 e. The van der Waals surface area contributed by atoms with Gasteiger partial charge in [-0.25, -0.2) is 4.98 Å². The monoisotopic (exact) mass is 322 g/mol. The maximum Gasteiger partial charge on any atom is 0.249 e. The molecule has 3 rings (SSSR count). The average molecular weight is 322 g/mol. The lowest BCUT2D eigenvalue weighted by Crippen LogP contribution is -2.41. The van der Waals surface area contributed by atoms with Crippen molar-refractivity contribution in [3.05, 3.63) is 16.6 Å². The Bertz CT molecular complexity index is 477. The van der Waals surface area contributed by atoms with Crippen LogP contribution < -0.4 is 0 Å². The van der Waals surface area contributed by atoms with Crippen molar-refractivity contribution in [2.75, 3.05) is 13.2 Å². The van der Waals surface area contributed by atoms with E-state index in [-0.39, 0.29) is 24.7 Å². The van der Waals surface area contributed by atoms with E-state index in [9.17, 15) is 4.79 Å². The molecule has 1 aromatic heterocycles. The second kappa shape index (κ2) is 7.55. The smallest absolute Gasteiger partial charge is 0.249 e. The summed E-state index contributed by atoms with van der Waals surface area (Å²) in [6.45, 7) is 3.32. The average Bonchev–Trinajstić information content (AvgIpc) is 3.08. The zero-order valence-electron chi connectivity index (χ0n) is 13.4. The predicted molar refractivity (Wildman–Crippen MR) is 87.8 cm³/mol. The van der Waals surface area contributed by atoms with Crippen LogP contribution in [0.1, 0.15) is 62.9 Å². The van der Waals surface area contributed by atoms with Crippen LogP contribution in [0.15, 0.2) is 11.6 Å². The van der Waals surface area contributed by atoms with E-state index in [1.54, 1.807) is 11.3 Å². The molecule has 2 fully saturated rings. The number of piperidine rings is 1. The number of rotatable bonds is 4. The molecule has 0 N–H and O–H groups in total. The second-order valence-electron chi connectivity index (χ2n) is 6.58. The molecule has 0 aromatic carbocycles. The molecule has 0 spiro atoms. The van der Waals surface area contributed by atoms with Crippen LogP contribution in [0.4, 0.5) is 0 Å². The van der Waals surface area contributed by atoms with Crippen molar-refractivity contribution in [2.24, 2.45) is 5.92 Å². The van der Waals surface area contributed by atoms with Gasteiger partial charge < -0.3 is 9.64 Å². The van der Waals surface area contributed by atoms with Crippen molar-refractivity contribution in [3.63, 3.8) is 0 Å². The van der Waals surface area contributed by atoms with Gasteiger partial charge in [0.05, 0.1) is 12.1 Å². The first-order chi connectivity index (χ1) is 10.8. The first-order valence-electron chi connectivity index (χ1n) is 8.56. The third-order valence-electron chi connectivity index (χ3n) is 5.01. The summed E-state index contributed by atoms with van der Waals surface area (Å²) in [5.74, 6) is 0.718. The molecule has 122 valence electrons. The molecule has 1 saturated carbocycles. The molecule has 0 unspecified atom stereocenters. The van der Waals surface area contributed by atoms with E-state index in [0.29, 0.717) is 5.92 Å². The number of ether oxygens (including phenoxy) is 1. The quantitative estimate of drug-likeness (QED) is 0.847. The van der Waals surface area contributed by atoms with Gasteiger partial charge in [-0.15, -0.1) is 11.3 Å². The highest BCUT2D eigenvalue weighted by atomic mass is 32.1. The lowest BCUT2D eigenvalue weighted by atomic mass is 9.88. The molecule has 22 heavy (non-hydrogen) atoms. The lowest BCUT2D eigenvalue weighted by Gasteiger charge is -2.35. The molecule has 2 aliphatic rings. The number of thiazole rings is 1. The Labute approximate surface area is 136 Å². The maximum absolute atomic E-state index is 12.6. The summed E-state index contributed by atoms with van der Waals surface area (Å²) >= 11 is 1.65. The zero-order valence-corrected chi connectivity index (χ0v) is 14.2. The van der Waals surface area contributed by atoms with Gasteiger partial charge in [-0.2, -0.15) is 0 Å². The molecular weight excluding hydrogens is 296 g/mol. The summed E-state index contributed by atoms with van der Waals surface area (Å²) in [6.07, 6.45) is 10.2. The Morgan fingerprint density at radius 1 is 1.32 bits per heavy atom. The number of hydrogen-bond acceptors (Lipinski definition) is 4. The van der Waals surface area contributed by atoms with Crippen LogP contribution >= 0.6 is 11.3 Å². The van der Waals surface area contributed by atoms with E-state index in [4.69, 9.17) is 4.74 Å². The van der Waals surface area contributed by atoms with Gasteiger partial charge in [0.1, 0.15) is 11.6 Å². The van der Waals surface area contributed by atoms with Crippen molar-refractivity contribution < 1.29 is 9.53 Å². The molecular formula is C17H26N2O2S. The summed E-state index contributed by atoms with van der Waals surface area (Å²) in [5, 5.41) is 3.06. The van der Waals surface area contributed by atoms with Gasteiger partial charge >= 0.3 is 0 Å². The SMILES string of the molecule is C[C@@H]1CCCC[C@@H]1OCC(=O)N1CCCC[C@H]1c1nccs1. The van der Waals surface area contributed by atoms with E-state index in [2.05, 4.69) is 11.9 Å². The van der Waals surface area contributed by atoms with E-state index >= 15 is 0 Å². The van der Waals surface area contributed by atoms with Gasteiger partial charge in [0.2, 0.25) is 5.91 Å². The molecule has 1 aromatic rings. The summed E-state index contributed by atoms with van der Waals surface area (Å²) in [7, 11) is 0. The van der Waals surface area contributed by atoms with Crippen molar-refractivity contribution in [2.45, 2.75) is 64.0 Å². The van der Waals surface area contributed by atoms with E-state index in [1.807, 2.05) is 16.5 Å². The maximum atomic E-state index is 12.6. The Kier molecular flexibility index (Phi) is 5.47. The fourth-order valence-electron chi connectivity index (χ4n) is 3.68. The summed E-state index contributed by atoms with van der Waals surface area (Å²) in [4.78, 5) is 19.0. The van der Waals surface area contributed by atoms with Crippen LogP contribution in [0.25, 0.3) is 0 Å². The van der Waals surface area contributed by atoms with Crippen LogP contribution in [-0.4, -0.2) is 35.0 Å². The first kappa shape index (κ1) is 15.9. The number of aromatic nitrogens is 1. The normalized spacial score (nSPS) is 29.5. The van der Waals surface area contributed by atoms with Crippen LogP contribution in [-0.2, 0) is 9.53 Å². The van der Waals surface area contributed by atoms with Crippen LogP contribution in [0.2, 0.25) is 0 Å².